The lowest BCUT2D eigenvalue weighted by atomic mass is 10.3. The van der Waals surface area contributed by atoms with Gasteiger partial charge >= 0.3 is 0 Å². The van der Waals surface area contributed by atoms with E-state index in [1.807, 2.05) is 6.92 Å². The zero-order chi connectivity index (χ0) is 14.9. The van der Waals surface area contributed by atoms with Crippen molar-refractivity contribution in [3.63, 3.8) is 0 Å². The highest BCUT2D eigenvalue weighted by atomic mass is 32.2. The first-order valence-electron chi connectivity index (χ1n) is 5.87. The minimum Gasteiger partial charge on any atom is -0.495 e. The maximum absolute atomic E-state index is 12.3. The van der Waals surface area contributed by atoms with Crippen LogP contribution < -0.4 is 15.2 Å². The summed E-state index contributed by atoms with van der Waals surface area (Å²) in [5.74, 6) is 0.434. The first-order chi connectivity index (χ1) is 9.33. The number of nitrogens with two attached hydrogens (primary N) is 1. The van der Waals surface area contributed by atoms with Gasteiger partial charge in [0, 0.05) is 15.8 Å². The molecule has 0 aliphatic carbocycles. The Morgan fingerprint density at radius 2 is 1.95 bits per heavy atom. The summed E-state index contributed by atoms with van der Waals surface area (Å²) in [5.41, 5.74) is 6.57. The van der Waals surface area contributed by atoms with Crippen molar-refractivity contribution in [2.24, 2.45) is 0 Å². The zero-order valence-corrected chi connectivity index (χ0v) is 13.1. The largest absolute Gasteiger partial charge is 0.495 e. The molecule has 1 heterocycles. The van der Waals surface area contributed by atoms with Crippen molar-refractivity contribution in [2.75, 3.05) is 17.6 Å². The van der Waals surface area contributed by atoms with E-state index in [2.05, 4.69) is 4.72 Å². The molecule has 0 fully saturated rings. The van der Waals surface area contributed by atoms with Crippen molar-refractivity contribution >= 4 is 32.7 Å². The van der Waals surface area contributed by atoms with E-state index in [9.17, 15) is 8.42 Å². The van der Waals surface area contributed by atoms with Crippen LogP contribution in [0.5, 0.6) is 5.75 Å². The van der Waals surface area contributed by atoms with Crippen LogP contribution in [0.15, 0.2) is 29.2 Å². The summed E-state index contributed by atoms with van der Waals surface area (Å²) in [4.78, 5) is 2.02. The number of nitrogens with one attached hydrogen (secondary N) is 1. The van der Waals surface area contributed by atoms with Crippen LogP contribution in [0.1, 0.15) is 9.75 Å². The highest BCUT2D eigenvalue weighted by molar-refractivity contribution is 7.93. The van der Waals surface area contributed by atoms with Crippen molar-refractivity contribution in [2.45, 2.75) is 18.7 Å². The average Bonchev–Trinajstić information content (AvgIpc) is 2.71. The quantitative estimate of drug-likeness (QED) is 0.851. The third-order valence-electron chi connectivity index (χ3n) is 2.77. The van der Waals surface area contributed by atoms with Gasteiger partial charge in [-0.05, 0) is 32.0 Å². The second-order valence-electron chi connectivity index (χ2n) is 4.34. The topological polar surface area (TPSA) is 81.4 Å². The Kier molecular flexibility index (Phi) is 3.92. The fraction of sp³-hybridized carbons (Fsp3) is 0.231. The molecule has 2 aromatic rings. The van der Waals surface area contributed by atoms with Crippen LogP contribution in [-0.4, -0.2) is 15.5 Å². The van der Waals surface area contributed by atoms with Gasteiger partial charge in [0.1, 0.15) is 10.6 Å². The first-order valence-corrected chi connectivity index (χ1v) is 8.17. The van der Waals surface area contributed by atoms with Gasteiger partial charge in [0.15, 0.2) is 0 Å². The van der Waals surface area contributed by atoms with Crippen LogP contribution in [0.4, 0.5) is 11.4 Å². The molecule has 5 nitrogen and oxygen atoms in total. The summed E-state index contributed by atoms with van der Waals surface area (Å²) in [5, 5.41) is 0. The molecular weight excluding hydrogens is 296 g/mol. The molecule has 2 rings (SSSR count). The smallest absolute Gasteiger partial charge is 0.263 e. The minimum atomic E-state index is -3.60. The molecule has 0 bridgehead atoms. The lowest BCUT2D eigenvalue weighted by Gasteiger charge is -2.10. The van der Waals surface area contributed by atoms with Crippen molar-refractivity contribution in [3.8, 4) is 5.75 Å². The lowest BCUT2D eigenvalue weighted by Crippen LogP contribution is -2.13. The molecule has 0 radical (unpaired) electrons. The van der Waals surface area contributed by atoms with Gasteiger partial charge in [0.05, 0.1) is 18.5 Å². The molecule has 0 unspecified atom stereocenters. The summed E-state index contributed by atoms with van der Waals surface area (Å²) in [7, 11) is -2.11. The Morgan fingerprint density at radius 3 is 2.50 bits per heavy atom. The molecule has 108 valence electrons. The number of anilines is 2. The number of thiophene rings is 1. The Morgan fingerprint density at radius 1 is 1.25 bits per heavy atom. The highest BCUT2D eigenvalue weighted by Crippen LogP contribution is 2.29. The number of nitrogen functional groups attached to an aromatic ring is 1. The van der Waals surface area contributed by atoms with Crippen LogP contribution in [-0.2, 0) is 10.0 Å². The standard InChI is InChI=1S/C13H16N2O3S2/c1-8-6-13(9(2)19-8)20(16,17)15-10-4-5-11(14)12(7-10)18-3/h4-7,15H,14H2,1-3H3. The Hall–Kier alpha value is -1.73. The van der Waals surface area contributed by atoms with Crippen molar-refractivity contribution in [1.82, 2.24) is 0 Å². The fourth-order valence-electron chi connectivity index (χ4n) is 1.86. The normalized spacial score (nSPS) is 11.3. The Balaban J connectivity index is 2.36. The van der Waals surface area contributed by atoms with E-state index >= 15 is 0 Å². The summed E-state index contributed by atoms with van der Waals surface area (Å²) in [6.07, 6.45) is 0. The highest BCUT2D eigenvalue weighted by Gasteiger charge is 2.19. The van der Waals surface area contributed by atoms with Gasteiger partial charge in [0.2, 0.25) is 0 Å². The molecule has 20 heavy (non-hydrogen) atoms. The summed E-state index contributed by atoms with van der Waals surface area (Å²) in [6.45, 7) is 3.67. The number of methoxy groups -OCH3 is 1. The summed E-state index contributed by atoms with van der Waals surface area (Å²) >= 11 is 1.45. The number of benzene rings is 1. The second kappa shape index (κ2) is 5.34. The van der Waals surface area contributed by atoms with Crippen molar-refractivity contribution < 1.29 is 13.2 Å². The van der Waals surface area contributed by atoms with E-state index in [1.54, 1.807) is 31.2 Å². The lowest BCUT2D eigenvalue weighted by molar-refractivity contribution is 0.417. The first kappa shape index (κ1) is 14.7. The predicted octanol–water partition coefficient (Wildman–Crippen LogP) is 2.76. The molecule has 1 aromatic carbocycles. The van der Waals surface area contributed by atoms with Crippen LogP contribution in [0.25, 0.3) is 0 Å². The number of aryl methyl sites for hydroxylation is 2. The molecule has 1 aromatic heterocycles. The number of ether oxygens (including phenoxy) is 1. The van der Waals surface area contributed by atoms with E-state index in [-0.39, 0.29) is 0 Å². The number of hydrogen-bond acceptors (Lipinski definition) is 5. The van der Waals surface area contributed by atoms with Crippen LogP contribution in [0.2, 0.25) is 0 Å². The number of sulfonamides is 1. The zero-order valence-electron chi connectivity index (χ0n) is 11.4. The van der Waals surface area contributed by atoms with Gasteiger partial charge in [-0.15, -0.1) is 11.3 Å². The van der Waals surface area contributed by atoms with E-state index in [0.29, 0.717) is 22.0 Å². The van der Waals surface area contributed by atoms with Crippen LogP contribution >= 0.6 is 11.3 Å². The van der Waals surface area contributed by atoms with Gasteiger partial charge in [-0.2, -0.15) is 0 Å². The molecule has 0 saturated heterocycles. The van der Waals surface area contributed by atoms with Gasteiger partial charge in [-0.1, -0.05) is 0 Å². The predicted molar refractivity (Wildman–Crippen MR) is 82.0 cm³/mol. The fourth-order valence-corrected chi connectivity index (χ4v) is 4.46. The third kappa shape index (κ3) is 2.88. The molecule has 0 saturated carbocycles. The van der Waals surface area contributed by atoms with E-state index in [4.69, 9.17) is 10.5 Å². The van der Waals surface area contributed by atoms with Gasteiger partial charge < -0.3 is 10.5 Å². The SMILES string of the molecule is COc1cc(NS(=O)(=O)c2cc(C)sc2C)ccc1N. The number of rotatable bonds is 4. The van der Waals surface area contributed by atoms with Crippen LogP contribution in [0.3, 0.4) is 0 Å². The molecule has 0 aliphatic heterocycles. The van der Waals surface area contributed by atoms with Gasteiger partial charge in [-0.3, -0.25) is 4.72 Å². The third-order valence-corrected chi connectivity index (χ3v) is 5.37. The van der Waals surface area contributed by atoms with Crippen molar-refractivity contribution in [3.05, 3.63) is 34.0 Å². The molecule has 3 N–H and O–H groups in total. The molecule has 0 spiro atoms. The molecular formula is C13H16N2O3S2. The van der Waals surface area contributed by atoms with E-state index in [1.165, 1.54) is 18.4 Å². The monoisotopic (exact) mass is 312 g/mol. The summed E-state index contributed by atoms with van der Waals surface area (Å²) in [6, 6.07) is 6.42. The van der Waals surface area contributed by atoms with E-state index in [0.717, 1.165) is 9.75 Å². The van der Waals surface area contributed by atoms with E-state index < -0.39 is 10.0 Å². The van der Waals surface area contributed by atoms with Crippen molar-refractivity contribution in [1.29, 1.82) is 0 Å². The Bertz CT molecular complexity index is 736. The second-order valence-corrected chi connectivity index (χ2v) is 7.45. The van der Waals surface area contributed by atoms with Crippen LogP contribution in [0, 0.1) is 13.8 Å². The maximum Gasteiger partial charge on any atom is 0.263 e. The van der Waals surface area contributed by atoms with Gasteiger partial charge in [-0.25, -0.2) is 8.42 Å². The molecule has 0 atom stereocenters. The molecule has 0 aliphatic rings. The maximum atomic E-state index is 12.3. The minimum absolute atomic E-state index is 0.302. The number of hydrogen-bond donors (Lipinski definition) is 2. The van der Waals surface area contributed by atoms with Gasteiger partial charge in [0.25, 0.3) is 10.0 Å². The summed E-state index contributed by atoms with van der Waals surface area (Å²) < 4.78 is 32.3. The molecule has 7 heteroatoms. The molecule has 0 amide bonds. The average molecular weight is 312 g/mol. The Labute approximate surface area is 122 Å².